The lowest BCUT2D eigenvalue weighted by Crippen LogP contribution is -2.44. The zero-order chi connectivity index (χ0) is 46.7. The molecular formula is C40H55F3N8O12. The van der Waals surface area contributed by atoms with Gasteiger partial charge in [-0.05, 0) is 51.5 Å². The second kappa shape index (κ2) is 28.9. The van der Waals surface area contributed by atoms with Gasteiger partial charge in [0.05, 0.1) is 91.1 Å². The van der Waals surface area contributed by atoms with E-state index in [0.717, 1.165) is 30.5 Å². The van der Waals surface area contributed by atoms with Crippen LogP contribution in [0.5, 0.6) is 0 Å². The van der Waals surface area contributed by atoms with Gasteiger partial charge in [-0.15, -0.1) is 6.42 Å². The molecule has 0 aliphatic carbocycles. The normalized spacial score (nSPS) is 11.8. The van der Waals surface area contributed by atoms with Gasteiger partial charge in [0.15, 0.2) is 11.2 Å². The van der Waals surface area contributed by atoms with Crippen LogP contribution in [0.3, 0.4) is 0 Å². The van der Waals surface area contributed by atoms with Crippen LogP contribution in [0.2, 0.25) is 0 Å². The average molecular weight is 897 g/mol. The Morgan fingerprint density at radius 1 is 0.889 bits per heavy atom. The van der Waals surface area contributed by atoms with E-state index in [9.17, 15) is 37.1 Å². The maximum atomic E-state index is 13.5. The summed E-state index contributed by atoms with van der Waals surface area (Å²) in [6.45, 7) is 11.0. The van der Waals surface area contributed by atoms with Gasteiger partial charge in [0.2, 0.25) is 5.95 Å². The zero-order valence-electron chi connectivity index (χ0n) is 35.4. The third-order valence-corrected chi connectivity index (χ3v) is 7.61. The summed E-state index contributed by atoms with van der Waals surface area (Å²) in [5.41, 5.74) is 8.20. The van der Waals surface area contributed by atoms with Gasteiger partial charge in [-0.25, -0.2) is 14.8 Å². The number of nitrogen functional groups attached to an aromatic ring is 1. The molecule has 20 nitrogen and oxygen atoms in total. The van der Waals surface area contributed by atoms with Gasteiger partial charge < -0.3 is 54.7 Å². The minimum Gasteiger partial charge on any atom is -0.458 e. The van der Waals surface area contributed by atoms with Crippen LogP contribution < -0.4 is 27.2 Å². The Labute approximate surface area is 361 Å². The fraction of sp³-hybridized carbons (Fsp3) is 0.550. The smallest absolute Gasteiger partial charge is 0.458 e. The van der Waals surface area contributed by atoms with Crippen LogP contribution in [0.1, 0.15) is 49.7 Å². The number of carbonyl (C=O) groups excluding carboxylic acids is 4. The number of carbonyl (C=O) groups is 4. The molecule has 3 aromatic rings. The highest BCUT2D eigenvalue weighted by molar-refractivity contribution is 5.99. The highest BCUT2D eigenvalue weighted by atomic mass is 19.4. The Balaban J connectivity index is 0.000000526. The summed E-state index contributed by atoms with van der Waals surface area (Å²) in [6.07, 6.45) is 1.31. The number of aromatic nitrogens is 4. The summed E-state index contributed by atoms with van der Waals surface area (Å²) in [6, 6.07) is 3.33. The van der Waals surface area contributed by atoms with Gasteiger partial charge in [0.25, 0.3) is 11.5 Å². The summed E-state index contributed by atoms with van der Waals surface area (Å²) in [5.74, 6) is -1.61. The van der Waals surface area contributed by atoms with Gasteiger partial charge >= 0.3 is 18.1 Å². The number of ether oxygens (including phenoxy) is 7. The number of halogens is 3. The van der Waals surface area contributed by atoms with Crippen LogP contribution in [0.4, 0.5) is 24.8 Å². The minimum atomic E-state index is -5.27. The number of nitrogens with two attached hydrogens (primary N) is 2. The second-order valence-corrected chi connectivity index (χ2v) is 13.8. The van der Waals surface area contributed by atoms with Crippen LogP contribution in [0.15, 0.2) is 35.3 Å². The van der Waals surface area contributed by atoms with Gasteiger partial charge in [-0.1, -0.05) is 5.92 Å². The van der Waals surface area contributed by atoms with Crippen molar-refractivity contribution < 1.29 is 65.5 Å². The van der Waals surface area contributed by atoms with E-state index in [4.69, 9.17) is 51.0 Å². The largest absolute Gasteiger partial charge is 0.471 e. The van der Waals surface area contributed by atoms with E-state index in [1.165, 1.54) is 0 Å². The van der Waals surface area contributed by atoms with Gasteiger partial charge in [-0.2, -0.15) is 18.2 Å². The molecule has 0 saturated heterocycles. The predicted octanol–water partition coefficient (Wildman–Crippen LogP) is 1.49. The Bertz CT molecular complexity index is 1960. The number of aldehydes is 1. The van der Waals surface area contributed by atoms with Crippen molar-refractivity contribution in [2.45, 2.75) is 58.0 Å². The Hall–Kier alpha value is -5.61. The number of benzene rings is 1. The monoisotopic (exact) mass is 896 g/mol. The average Bonchev–Trinajstić information content (AvgIpc) is 3.23. The first kappa shape index (κ1) is 53.5. The molecule has 0 saturated carbocycles. The molecule has 0 spiro atoms. The lowest BCUT2D eigenvalue weighted by Gasteiger charge is -2.25. The number of anilines is 2. The van der Waals surface area contributed by atoms with E-state index < -0.39 is 47.7 Å². The number of fused-ring (bicyclic) bond motifs is 1. The molecule has 1 atom stereocenters. The standard InChI is InChI=1S/C25H26F3N7O6.C15H29NO6/c1-24(2,3)41-21(39)16(5-4-10-36)32-19(37)13-6-8-15(9-7-13)35(22(40)25(26,27)28)12-14-11-30-18-17(31-14)20(38)34-23(29)33-18;1-2-4-17-6-8-19-10-12-21-14-15-22-13-11-20-9-7-18-5-3-16/h6-11,16H,4-5,12H2,1-3H3,(H,32,37)(H3,29,30,33,34,38);1H,3-16H2. The molecule has 6 N–H and O–H groups in total. The summed E-state index contributed by atoms with van der Waals surface area (Å²) in [5, 5.41) is 2.45. The predicted molar refractivity (Wildman–Crippen MR) is 221 cm³/mol. The Kier molecular flexibility index (Phi) is 24.5. The van der Waals surface area contributed by atoms with Crippen molar-refractivity contribution >= 4 is 46.9 Å². The fourth-order valence-electron chi connectivity index (χ4n) is 4.85. The van der Waals surface area contributed by atoms with Crippen LogP contribution in [-0.4, -0.2) is 148 Å². The van der Waals surface area contributed by atoms with Gasteiger partial charge in [-0.3, -0.25) is 24.3 Å². The third kappa shape index (κ3) is 21.8. The van der Waals surface area contributed by atoms with Crippen LogP contribution in [0.25, 0.3) is 11.2 Å². The first-order valence-corrected chi connectivity index (χ1v) is 19.6. The van der Waals surface area contributed by atoms with Crippen molar-refractivity contribution in [2.24, 2.45) is 5.73 Å². The van der Waals surface area contributed by atoms with E-state index in [0.29, 0.717) is 97.0 Å². The van der Waals surface area contributed by atoms with E-state index in [1.807, 2.05) is 0 Å². The first-order chi connectivity index (χ1) is 30.0. The molecule has 2 heterocycles. The lowest BCUT2D eigenvalue weighted by molar-refractivity contribution is -0.170. The molecule has 2 aromatic heterocycles. The molecule has 0 aliphatic rings. The van der Waals surface area contributed by atoms with Crippen molar-refractivity contribution in [2.75, 3.05) is 96.5 Å². The molecular weight excluding hydrogens is 841 g/mol. The van der Waals surface area contributed by atoms with Gasteiger partial charge in [0.1, 0.15) is 24.5 Å². The molecule has 0 bridgehead atoms. The number of terminal acetylenes is 1. The molecule has 348 valence electrons. The van der Waals surface area contributed by atoms with Crippen molar-refractivity contribution in [3.05, 3.63) is 52.1 Å². The summed E-state index contributed by atoms with van der Waals surface area (Å²) in [7, 11) is 0. The quantitative estimate of drug-likeness (QED) is 0.0365. The molecule has 1 unspecified atom stereocenters. The van der Waals surface area contributed by atoms with Crippen molar-refractivity contribution in [3.63, 3.8) is 0 Å². The Morgan fingerprint density at radius 2 is 1.43 bits per heavy atom. The lowest BCUT2D eigenvalue weighted by atomic mass is 10.1. The number of hydrogen-bond donors (Lipinski definition) is 4. The molecule has 63 heavy (non-hydrogen) atoms. The van der Waals surface area contributed by atoms with E-state index >= 15 is 0 Å². The van der Waals surface area contributed by atoms with E-state index in [2.05, 4.69) is 31.2 Å². The third-order valence-electron chi connectivity index (χ3n) is 7.61. The summed E-state index contributed by atoms with van der Waals surface area (Å²) >= 11 is 0. The first-order valence-electron chi connectivity index (χ1n) is 19.6. The maximum Gasteiger partial charge on any atom is 0.471 e. The van der Waals surface area contributed by atoms with Crippen LogP contribution in [-0.2, 0) is 54.1 Å². The number of H-pyrrole nitrogens is 1. The zero-order valence-corrected chi connectivity index (χ0v) is 35.4. The van der Waals surface area contributed by atoms with Crippen LogP contribution >= 0.6 is 0 Å². The van der Waals surface area contributed by atoms with E-state index in [-0.39, 0.29) is 46.9 Å². The number of amides is 2. The topological polar surface area (TPSA) is 272 Å². The molecule has 0 aliphatic heterocycles. The van der Waals surface area contributed by atoms with Crippen molar-refractivity contribution in [1.82, 2.24) is 25.3 Å². The highest BCUT2D eigenvalue weighted by Crippen LogP contribution is 2.26. The Morgan fingerprint density at radius 3 is 1.92 bits per heavy atom. The van der Waals surface area contributed by atoms with E-state index in [1.54, 1.807) is 20.8 Å². The van der Waals surface area contributed by atoms with Gasteiger partial charge in [0, 0.05) is 24.2 Å². The summed E-state index contributed by atoms with van der Waals surface area (Å²) in [4.78, 5) is 74.7. The summed E-state index contributed by atoms with van der Waals surface area (Å²) < 4.78 is 77.1. The number of nitrogens with zero attached hydrogens (tertiary/aromatic N) is 4. The van der Waals surface area contributed by atoms with Crippen LogP contribution in [0, 0.1) is 12.3 Å². The number of alkyl halides is 3. The molecule has 0 radical (unpaired) electrons. The maximum absolute atomic E-state index is 13.5. The number of esters is 1. The number of hydrogen-bond acceptors (Lipinski definition) is 17. The fourth-order valence-corrected chi connectivity index (χ4v) is 4.85. The molecule has 2 amide bonds. The molecule has 1 aromatic carbocycles. The van der Waals surface area contributed by atoms with Crippen molar-refractivity contribution in [3.8, 4) is 12.3 Å². The second-order valence-electron chi connectivity index (χ2n) is 13.8. The van der Waals surface area contributed by atoms with Crippen molar-refractivity contribution in [1.29, 1.82) is 0 Å². The molecule has 0 fully saturated rings. The minimum absolute atomic E-state index is 0.0339. The number of aromatic amines is 1. The highest BCUT2D eigenvalue weighted by Gasteiger charge is 2.43. The molecule has 23 heteroatoms. The number of nitrogens with one attached hydrogen (secondary N) is 2. The number of rotatable bonds is 27. The molecule has 3 rings (SSSR count). The SMILES string of the molecule is C#CCOCCOCCOCCOCCOCCOCCN.CC(C)(C)OC(=O)C(CCC=O)NC(=O)c1ccc(N(Cc2cnc3nc(N)[nH]c(=O)c3n2)C(=O)C(F)(F)F)cc1.